The fourth-order valence-electron chi connectivity index (χ4n) is 1.58. The van der Waals surface area contributed by atoms with Crippen molar-refractivity contribution in [1.82, 2.24) is 0 Å². The zero-order valence-corrected chi connectivity index (χ0v) is 11.9. The summed E-state index contributed by atoms with van der Waals surface area (Å²) in [6.45, 7) is -3.02. The molecule has 0 saturated heterocycles. The zero-order chi connectivity index (χ0) is 15.3. The summed E-state index contributed by atoms with van der Waals surface area (Å²) in [5.41, 5.74) is 0.282. The van der Waals surface area contributed by atoms with Crippen molar-refractivity contribution in [2.45, 2.75) is 19.1 Å². The predicted molar refractivity (Wildman–Crippen MR) is 68.9 cm³/mol. The Morgan fingerprint density at radius 3 is 2.45 bits per heavy atom. The lowest BCUT2D eigenvalue weighted by Crippen LogP contribution is -2.09. The quantitative estimate of drug-likeness (QED) is 0.831. The molecule has 0 fully saturated rings. The van der Waals surface area contributed by atoms with E-state index in [1.807, 2.05) is 0 Å². The summed E-state index contributed by atoms with van der Waals surface area (Å²) >= 11 is 0. The van der Waals surface area contributed by atoms with Crippen LogP contribution < -0.4 is 9.47 Å². The van der Waals surface area contributed by atoms with E-state index < -0.39 is 22.6 Å². The molecule has 0 aliphatic carbocycles. The Balaban J connectivity index is 2.90. The van der Waals surface area contributed by atoms with Gasteiger partial charge in [0.1, 0.15) is 9.84 Å². The monoisotopic (exact) mass is 310 g/mol. The summed E-state index contributed by atoms with van der Waals surface area (Å²) < 4.78 is 55.7. The van der Waals surface area contributed by atoms with Gasteiger partial charge in [0.15, 0.2) is 11.5 Å². The van der Waals surface area contributed by atoms with Gasteiger partial charge in [-0.1, -0.05) is 6.07 Å². The average molecular weight is 310 g/mol. The number of hydrogen-bond acceptors (Lipinski definition) is 5. The van der Waals surface area contributed by atoms with Crippen molar-refractivity contribution in [3.63, 3.8) is 0 Å². The van der Waals surface area contributed by atoms with E-state index >= 15 is 0 Å². The van der Waals surface area contributed by atoms with Crippen LogP contribution >= 0.6 is 0 Å². The van der Waals surface area contributed by atoms with Gasteiger partial charge in [-0.3, -0.25) is 0 Å². The first-order valence-electron chi connectivity index (χ1n) is 5.71. The molecule has 1 aromatic carbocycles. The SMILES string of the molecule is COc1ccc(C(O)CCS(C)(=O)=O)cc1OC(F)F. The van der Waals surface area contributed by atoms with Crippen LogP contribution in [0.2, 0.25) is 0 Å². The first kappa shape index (κ1) is 16.6. The third-order valence-electron chi connectivity index (χ3n) is 2.55. The van der Waals surface area contributed by atoms with E-state index in [9.17, 15) is 22.3 Å². The molecule has 5 nitrogen and oxygen atoms in total. The van der Waals surface area contributed by atoms with Gasteiger partial charge in [0, 0.05) is 6.26 Å². The molecule has 0 aliphatic heterocycles. The number of methoxy groups -OCH3 is 1. The van der Waals surface area contributed by atoms with Crippen molar-refractivity contribution in [2.75, 3.05) is 19.1 Å². The van der Waals surface area contributed by atoms with E-state index in [1.54, 1.807) is 0 Å². The van der Waals surface area contributed by atoms with Crippen molar-refractivity contribution in [2.24, 2.45) is 0 Å². The van der Waals surface area contributed by atoms with Gasteiger partial charge in [0.25, 0.3) is 0 Å². The molecular formula is C12H16F2O5S. The summed E-state index contributed by atoms with van der Waals surface area (Å²) in [7, 11) is -1.91. The number of benzene rings is 1. The zero-order valence-electron chi connectivity index (χ0n) is 11.0. The normalized spacial score (nSPS) is 13.3. The highest BCUT2D eigenvalue weighted by Gasteiger charge is 2.16. The Labute approximate surface area is 116 Å². The van der Waals surface area contributed by atoms with Crippen LogP contribution in [-0.4, -0.2) is 39.3 Å². The molecule has 0 saturated carbocycles. The van der Waals surface area contributed by atoms with Crippen LogP contribution in [0.3, 0.4) is 0 Å². The molecule has 0 aliphatic rings. The number of rotatable bonds is 7. The molecule has 1 atom stereocenters. The third-order valence-corrected chi connectivity index (χ3v) is 3.53. The minimum atomic E-state index is -3.21. The van der Waals surface area contributed by atoms with Crippen LogP contribution in [0, 0.1) is 0 Å². The van der Waals surface area contributed by atoms with E-state index in [-0.39, 0.29) is 29.2 Å². The van der Waals surface area contributed by atoms with Crippen molar-refractivity contribution in [3.8, 4) is 11.5 Å². The molecule has 0 heterocycles. The Morgan fingerprint density at radius 1 is 1.30 bits per heavy atom. The highest BCUT2D eigenvalue weighted by Crippen LogP contribution is 2.32. The van der Waals surface area contributed by atoms with Crippen molar-refractivity contribution < 1.29 is 31.8 Å². The average Bonchev–Trinajstić information content (AvgIpc) is 2.34. The van der Waals surface area contributed by atoms with E-state index in [2.05, 4.69) is 4.74 Å². The number of aliphatic hydroxyl groups excluding tert-OH is 1. The minimum Gasteiger partial charge on any atom is -0.493 e. The maximum absolute atomic E-state index is 12.3. The number of halogens is 2. The number of ether oxygens (including phenoxy) is 2. The highest BCUT2D eigenvalue weighted by molar-refractivity contribution is 7.90. The Morgan fingerprint density at radius 2 is 1.95 bits per heavy atom. The molecule has 0 amide bonds. The molecule has 0 aromatic heterocycles. The number of hydrogen-bond donors (Lipinski definition) is 1. The maximum Gasteiger partial charge on any atom is 0.387 e. The first-order chi connectivity index (χ1) is 9.23. The van der Waals surface area contributed by atoms with Crippen LogP contribution in [-0.2, 0) is 9.84 Å². The molecule has 114 valence electrons. The predicted octanol–water partition coefficient (Wildman–Crippen LogP) is 1.76. The smallest absolute Gasteiger partial charge is 0.387 e. The lowest BCUT2D eigenvalue weighted by atomic mass is 10.1. The molecular weight excluding hydrogens is 294 g/mol. The molecule has 20 heavy (non-hydrogen) atoms. The topological polar surface area (TPSA) is 72.8 Å². The molecule has 1 rings (SSSR count). The summed E-state index contributed by atoms with van der Waals surface area (Å²) in [5, 5.41) is 9.86. The van der Waals surface area contributed by atoms with Crippen molar-refractivity contribution in [1.29, 1.82) is 0 Å². The summed E-state index contributed by atoms with van der Waals surface area (Å²) in [4.78, 5) is 0. The summed E-state index contributed by atoms with van der Waals surface area (Å²) in [5.74, 6) is -0.312. The fraction of sp³-hybridized carbons (Fsp3) is 0.500. The van der Waals surface area contributed by atoms with Gasteiger partial charge in [0.2, 0.25) is 0 Å². The molecule has 1 N–H and O–H groups in total. The second kappa shape index (κ2) is 6.85. The van der Waals surface area contributed by atoms with Crippen LogP contribution in [0.4, 0.5) is 8.78 Å². The lowest BCUT2D eigenvalue weighted by Gasteiger charge is -2.14. The molecule has 0 spiro atoms. The fourth-order valence-corrected chi connectivity index (χ4v) is 2.23. The Kier molecular flexibility index (Phi) is 5.70. The third kappa shape index (κ3) is 5.30. The lowest BCUT2D eigenvalue weighted by molar-refractivity contribution is -0.0513. The van der Waals surface area contributed by atoms with Gasteiger partial charge in [-0.2, -0.15) is 8.78 Å². The van der Waals surface area contributed by atoms with Crippen molar-refractivity contribution in [3.05, 3.63) is 23.8 Å². The summed E-state index contributed by atoms with van der Waals surface area (Å²) in [6, 6.07) is 4.04. The van der Waals surface area contributed by atoms with Gasteiger partial charge >= 0.3 is 6.61 Å². The van der Waals surface area contributed by atoms with Gasteiger partial charge in [-0.25, -0.2) is 8.42 Å². The van der Waals surface area contributed by atoms with Gasteiger partial charge in [0.05, 0.1) is 19.0 Å². The highest BCUT2D eigenvalue weighted by atomic mass is 32.2. The van der Waals surface area contributed by atoms with Gasteiger partial charge in [-0.05, 0) is 24.1 Å². The first-order valence-corrected chi connectivity index (χ1v) is 7.77. The summed E-state index contributed by atoms with van der Waals surface area (Å²) in [6.07, 6.45) is -0.0612. The number of sulfone groups is 1. The van der Waals surface area contributed by atoms with Crippen LogP contribution in [0.15, 0.2) is 18.2 Å². The van der Waals surface area contributed by atoms with Gasteiger partial charge < -0.3 is 14.6 Å². The van der Waals surface area contributed by atoms with E-state index in [0.717, 1.165) is 6.26 Å². The van der Waals surface area contributed by atoms with Crippen molar-refractivity contribution >= 4 is 9.84 Å². The molecule has 0 radical (unpaired) electrons. The minimum absolute atomic E-state index is 0.0285. The molecule has 1 unspecified atom stereocenters. The largest absolute Gasteiger partial charge is 0.493 e. The number of aliphatic hydroxyl groups is 1. The van der Waals surface area contributed by atoms with Crippen LogP contribution in [0.1, 0.15) is 18.1 Å². The van der Waals surface area contributed by atoms with E-state index in [4.69, 9.17) is 4.74 Å². The molecule has 0 bridgehead atoms. The van der Waals surface area contributed by atoms with E-state index in [1.165, 1.54) is 25.3 Å². The van der Waals surface area contributed by atoms with E-state index in [0.29, 0.717) is 0 Å². The van der Waals surface area contributed by atoms with Crippen LogP contribution in [0.5, 0.6) is 11.5 Å². The molecule has 1 aromatic rings. The second-order valence-electron chi connectivity index (χ2n) is 4.22. The number of alkyl halides is 2. The second-order valence-corrected chi connectivity index (χ2v) is 6.48. The Hall–Kier alpha value is -1.41. The molecule has 8 heteroatoms. The van der Waals surface area contributed by atoms with Gasteiger partial charge in [-0.15, -0.1) is 0 Å². The Bertz CT molecular complexity index is 545. The maximum atomic E-state index is 12.3. The standard InChI is InChI=1S/C12H16F2O5S/c1-18-10-4-3-8(7-11(10)19-12(13)14)9(15)5-6-20(2,16)17/h3-4,7,9,12,15H,5-6H2,1-2H3. The van der Waals surface area contributed by atoms with Crippen LogP contribution in [0.25, 0.3) is 0 Å².